The zero-order valence-electron chi connectivity index (χ0n) is 17.1. The molecule has 0 unspecified atom stereocenters. The van der Waals surface area contributed by atoms with Crippen molar-refractivity contribution in [1.82, 2.24) is 10.2 Å². The second-order valence-corrected chi connectivity index (χ2v) is 7.94. The Morgan fingerprint density at radius 1 is 1.07 bits per heavy atom. The average Bonchev–Trinajstić information content (AvgIpc) is 2.76. The lowest BCUT2D eigenvalue weighted by molar-refractivity contribution is -0.123. The largest absolute Gasteiger partial charge is 0.497 e. The summed E-state index contributed by atoms with van der Waals surface area (Å²) in [7, 11) is 1.68. The Hall–Kier alpha value is -2.15. The van der Waals surface area contributed by atoms with Crippen LogP contribution < -0.4 is 19.7 Å². The zero-order chi connectivity index (χ0) is 21.3. The Labute approximate surface area is 187 Å². The van der Waals surface area contributed by atoms with Crippen molar-refractivity contribution in [2.45, 2.75) is 6.42 Å². The first-order chi connectivity index (χ1) is 14.5. The van der Waals surface area contributed by atoms with Gasteiger partial charge in [0, 0.05) is 43.4 Å². The van der Waals surface area contributed by atoms with Gasteiger partial charge in [-0.3, -0.25) is 9.69 Å². The molecule has 0 spiro atoms. The number of piperazine rings is 1. The molecule has 0 saturated carbocycles. The third-order valence-electron chi connectivity index (χ3n) is 5.04. The van der Waals surface area contributed by atoms with Crippen LogP contribution in [0.1, 0.15) is 6.42 Å². The van der Waals surface area contributed by atoms with Crippen LogP contribution in [0.2, 0.25) is 10.0 Å². The van der Waals surface area contributed by atoms with E-state index in [2.05, 4.69) is 27.2 Å². The summed E-state index contributed by atoms with van der Waals surface area (Å²) in [5.41, 5.74) is 1.23. The summed E-state index contributed by atoms with van der Waals surface area (Å²) in [6.07, 6.45) is 0.899. The molecule has 1 saturated heterocycles. The quantitative estimate of drug-likeness (QED) is 0.588. The number of rotatable bonds is 9. The van der Waals surface area contributed by atoms with Crippen molar-refractivity contribution < 1.29 is 14.3 Å². The third-order valence-corrected chi connectivity index (χ3v) is 5.57. The maximum Gasteiger partial charge on any atom is 0.257 e. The van der Waals surface area contributed by atoms with E-state index in [0.29, 0.717) is 22.3 Å². The lowest BCUT2D eigenvalue weighted by Gasteiger charge is -2.36. The number of hydrogen-bond donors (Lipinski definition) is 1. The minimum Gasteiger partial charge on any atom is -0.497 e. The molecule has 0 aliphatic carbocycles. The van der Waals surface area contributed by atoms with Gasteiger partial charge in [-0.15, -0.1) is 0 Å². The minimum absolute atomic E-state index is 0.0676. The van der Waals surface area contributed by atoms with E-state index in [9.17, 15) is 4.79 Å². The van der Waals surface area contributed by atoms with Gasteiger partial charge in [-0.05, 0) is 55.4 Å². The molecular formula is C22H27Cl2N3O3. The second kappa shape index (κ2) is 11.3. The summed E-state index contributed by atoms with van der Waals surface area (Å²) in [6.45, 7) is 5.52. The highest BCUT2D eigenvalue weighted by Crippen LogP contribution is 2.27. The van der Waals surface area contributed by atoms with Crippen LogP contribution in [0.25, 0.3) is 0 Å². The number of benzene rings is 2. The zero-order valence-corrected chi connectivity index (χ0v) is 18.6. The predicted molar refractivity (Wildman–Crippen MR) is 121 cm³/mol. The van der Waals surface area contributed by atoms with Gasteiger partial charge < -0.3 is 19.7 Å². The van der Waals surface area contributed by atoms with Gasteiger partial charge >= 0.3 is 0 Å². The van der Waals surface area contributed by atoms with Gasteiger partial charge in [0.15, 0.2) is 6.61 Å². The van der Waals surface area contributed by atoms with E-state index >= 15 is 0 Å². The summed E-state index contributed by atoms with van der Waals surface area (Å²) in [4.78, 5) is 16.8. The van der Waals surface area contributed by atoms with Crippen LogP contribution in [0.15, 0.2) is 42.5 Å². The lowest BCUT2D eigenvalue weighted by Crippen LogP contribution is -2.47. The number of nitrogens with one attached hydrogen (secondary N) is 1. The Kier molecular flexibility index (Phi) is 8.49. The van der Waals surface area contributed by atoms with E-state index < -0.39 is 0 Å². The van der Waals surface area contributed by atoms with Crippen molar-refractivity contribution in [3.63, 3.8) is 0 Å². The SMILES string of the molecule is COc1ccc(N2CCN(CCCNC(=O)COc3ccc(Cl)cc3Cl)CC2)cc1. The molecule has 1 amide bonds. The first-order valence-corrected chi connectivity index (χ1v) is 10.8. The first-order valence-electron chi connectivity index (χ1n) is 10.0. The predicted octanol–water partition coefficient (Wildman–Crippen LogP) is 3.71. The number of halogens is 2. The molecule has 1 aliphatic heterocycles. The van der Waals surface area contributed by atoms with E-state index in [0.717, 1.165) is 44.9 Å². The van der Waals surface area contributed by atoms with Gasteiger partial charge in [-0.25, -0.2) is 0 Å². The lowest BCUT2D eigenvalue weighted by atomic mass is 10.2. The van der Waals surface area contributed by atoms with Crippen LogP contribution in [0.4, 0.5) is 5.69 Å². The van der Waals surface area contributed by atoms with Crippen LogP contribution >= 0.6 is 23.2 Å². The molecule has 0 radical (unpaired) electrons. The van der Waals surface area contributed by atoms with E-state index in [1.54, 1.807) is 25.3 Å². The van der Waals surface area contributed by atoms with Crippen molar-refractivity contribution >= 4 is 34.8 Å². The van der Waals surface area contributed by atoms with E-state index in [4.69, 9.17) is 32.7 Å². The molecule has 0 atom stereocenters. The number of anilines is 1. The van der Waals surface area contributed by atoms with Crippen LogP contribution in [-0.4, -0.2) is 63.8 Å². The summed E-state index contributed by atoms with van der Waals surface area (Å²) < 4.78 is 10.7. The molecule has 8 heteroatoms. The van der Waals surface area contributed by atoms with E-state index in [1.165, 1.54) is 5.69 Å². The maximum atomic E-state index is 12.0. The first kappa shape index (κ1) is 22.5. The Bertz CT molecular complexity index is 825. The Balaban J connectivity index is 1.29. The number of ether oxygens (including phenoxy) is 2. The summed E-state index contributed by atoms with van der Waals surface area (Å²) in [5, 5.41) is 3.81. The summed E-state index contributed by atoms with van der Waals surface area (Å²) in [6, 6.07) is 13.1. The number of carbonyl (C=O) groups is 1. The van der Waals surface area contributed by atoms with Gasteiger partial charge in [0.1, 0.15) is 11.5 Å². The highest BCUT2D eigenvalue weighted by atomic mass is 35.5. The molecule has 2 aromatic rings. The minimum atomic E-state index is -0.162. The fourth-order valence-electron chi connectivity index (χ4n) is 3.34. The molecule has 30 heavy (non-hydrogen) atoms. The van der Waals surface area contributed by atoms with Crippen molar-refractivity contribution in [3.05, 3.63) is 52.5 Å². The third kappa shape index (κ3) is 6.69. The summed E-state index contributed by atoms with van der Waals surface area (Å²) >= 11 is 11.9. The molecule has 1 fully saturated rings. The molecule has 0 bridgehead atoms. The smallest absolute Gasteiger partial charge is 0.257 e. The van der Waals surface area contributed by atoms with Crippen molar-refractivity contribution in [3.8, 4) is 11.5 Å². The molecular weight excluding hydrogens is 425 g/mol. The van der Waals surface area contributed by atoms with E-state index in [1.807, 2.05) is 12.1 Å². The fourth-order valence-corrected chi connectivity index (χ4v) is 3.80. The van der Waals surface area contributed by atoms with Gasteiger partial charge in [0.25, 0.3) is 5.91 Å². The standard InChI is InChI=1S/C22H27Cl2N3O3/c1-29-19-6-4-18(5-7-19)27-13-11-26(12-14-27)10-2-9-25-22(28)16-30-21-8-3-17(23)15-20(21)24/h3-8,15H,2,9-14,16H2,1H3,(H,25,28). The number of amides is 1. The van der Waals surface area contributed by atoms with Crippen LogP contribution in [-0.2, 0) is 4.79 Å². The number of carbonyl (C=O) groups excluding carboxylic acids is 1. The molecule has 1 aliphatic rings. The molecule has 2 aromatic carbocycles. The monoisotopic (exact) mass is 451 g/mol. The molecule has 1 N–H and O–H groups in total. The number of nitrogens with zero attached hydrogens (tertiary/aromatic N) is 2. The van der Waals surface area contributed by atoms with E-state index in [-0.39, 0.29) is 12.5 Å². The van der Waals surface area contributed by atoms with Gasteiger partial charge in [0.2, 0.25) is 0 Å². The normalized spacial score (nSPS) is 14.4. The maximum absolute atomic E-state index is 12.0. The molecule has 6 nitrogen and oxygen atoms in total. The van der Waals surface area contributed by atoms with Crippen molar-refractivity contribution in [2.75, 3.05) is 57.9 Å². The Morgan fingerprint density at radius 2 is 1.80 bits per heavy atom. The highest BCUT2D eigenvalue weighted by Gasteiger charge is 2.17. The molecule has 162 valence electrons. The average molecular weight is 452 g/mol. The Morgan fingerprint density at radius 3 is 2.47 bits per heavy atom. The fraction of sp³-hybridized carbons (Fsp3) is 0.409. The number of hydrogen-bond acceptors (Lipinski definition) is 5. The summed E-state index contributed by atoms with van der Waals surface area (Å²) in [5.74, 6) is 1.16. The second-order valence-electron chi connectivity index (χ2n) is 7.09. The van der Waals surface area contributed by atoms with Crippen molar-refractivity contribution in [2.24, 2.45) is 0 Å². The molecule has 1 heterocycles. The van der Waals surface area contributed by atoms with Gasteiger partial charge in [-0.2, -0.15) is 0 Å². The van der Waals surface area contributed by atoms with Gasteiger partial charge in [0.05, 0.1) is 12.1 Å². The van der Waals surface area contributed by atoms with Crippen LogP contribution in [0.5, 0.6) is 11.5 Å². The van der Waals surface area contributed by atoms with Crippen LogP contribution in [0.3, 0.4) is 0 Å². The number of methoxy groups -OCH3 is 1. The van der Waals surface area contributed by atoms with Crippen LogP contribution in [0, 0.1) is 0 Å². The molecule has 0 aromatic heterocycles. The van der Waals surface area contributed by atoms with Crippen molar-refractivity contribution in [1.29, 1.82) is 0 Å². The van der Waals surface area contributed by atoms with Gasteiger partial charge in [-0.1, -0.05) is 23.2 Å². The topological polar surface area (TPSA) is 54.0 Å². The molecule has 3 rings (SSSR count). The highest BCUT2D eigenvalue weighted by molar-refractivity contribution is 6.35.